The van der Waals surface area contributed by atoms with E-state index in [-0.39, 0.29) is 31.8 Å². The number of aromatic amines is 1. The number of carbonyl (C=O) groups is 4. The van der Waals surface area contributed by atoms with Crippen molar-refractivity contribution in [2.75, 3.05) is 0 Å². The number of alkyl carbamates (subject to hydrolysis) is 1. The number of carbonyl (C=O) groups excluding carboxylic acids is 4. The number of benzene rings is 3. The molecule has 13 heteroatoms. The lowest BCUT2D eigenvalue weighted by molar-refractivity contribution is -0.134. The standard InChI is InChI=1S/C33H35N7O6/c34-29(40-33(44)45-20-24-9-5-2-6-10-24)25-14-11-23(12-15-25)18-37-30(41)27(17-26-19-36-21-38-26)39-31(42)28(46-32(35)43)16-13-22-7-3-1-4-8-22/h1-12,14-15,19,21,27-28H,13,16-18,20H2,(H2,35,43)(H,36,38)(H,37,41)(H,39,42)(H2,34,40,44)/t27-,28+/m0/s1. The number of nitrogens with two attached hydrogens (primary N) is 1. The number of amidine groups is 1. The largest absolute Gasteiger partial charge is 0.444 e. The number of aromatic nitrogens is 2. The molecule has 0 radical (unpaired) electrons. The average molecular weight is 626 g/mol. The fourth-order valence-corrected chi connectivity index (χ4v) is 4.45. The molecule has 0 spiro atoms. The molecule has 238 valence electrons. The molecule has 2 atom stereocenters. The lowest BCUT2D eigenvalue weighted by Crippen LogP contribution is -2.51. The summed E-state index contributed by atoms with van der Waals surface area (Å²) < 4.78 is 10.2. The zero-order valence-electron chi connectivity index (χ0n) is 24.9. The summed E-state index contributed by atoms with van der Waals surface area (Å²) in [6.07, 6.45) is 0.654. The summed E-state index contributed by atoms with van der Waals surface area (Å²) in [6, 6.07) is 24.2. The second kappa shape index (κ2) is 16.8. The molecule has 4 aromatic rings. The number of aryl methyl sites for hydroxylation is 1. The van der Waals surface area contributed by atoms with Gasteiger partial charge in [0.05, 0.1) is 6.33 Å². The van der Waals surface area contributed by atoms with Gasteiger partial charge in [-0.25, -0.2) is 14.6 Å². The Balaban J connectivity index is 1.32. The van der Waals surface area contributed by atoms with Crippen molar-refractivity contribution >= 4 is 29.8 Å². The normalized spacial score (nSPS) is 11.8. The molecule has 1 aromatic heterocycles. The third-order valence-electron chi connectivity index (χ3n) is 6.85. The van der Waals surface area contributed by atoms with E-state index in [9.17, 15) is 19.2 Å². The summed E-state index contributed by atoms with van der Waals surface area (Å²) in [5, 5.41) is 16.1. The zero-order chi connectivity index (χ0) is 32.7. The SMILES string of the molecule is N=C(NC(=O)OCc1ccccc1)c1ccc(CNC(=O)[C@H](Cc2cnc[nH]2)NC(=O)[C@@H](CCc2ccccc2)OC(N)=O)cc1. The lowest BCUT2D eigenvalue weighted by Gasteiger charge is -2.22. The summed E-state index contributed by atoms with van der Waals surface area (Å²) >= 11 is 0. The molecule has 3 aromatic carbocycles. The van der Waals surface area contributed by atoms with Crippen LogP contribution >= 0.6 is 0 Å². The van der Waals surface area contributed by atoms with Crippen LogP contribution in [0, 0.1) is 5.41 Å². The van der Waals surface area contributed by atoms with E-state index >= 15 is 0 Å². The number of ether oxygens (including phenoxy) is 2. The summed E-state index contributed by atoms with van der Waals surface area (Å²) in [6.45, 7) is 0.191. The maximum Gasteiger partial charge on any atom is 0.413 e. The van der Waals surface area contributed by atoms with Gasteiger partial charge in [0, 0.05) is 30.4 Å². The van der Waals surface area contributed by atoms with Crippen LogP contribution in [0.15, 0.2) is 97.5 Å². The maximum absolute atomic E-state index is 13.3. The number of primary amides is 1. The van der Waals surface area contributed by atoms with Gasteiger partial charge in [-0.3, -0.25) is 20.3 Å². The minimum absolute atomic E-state index is 0.0763. The highest BCUT2D eigenvalue weighted by Crippen LogP contribution is 2.10. The zero-order valence-corrected chi connectivity index (χ0v) is 24.9. The molecule has 0 aliphatic heterocycles. The Morgan fingerprint density at radius 2 is 1.54 bits per heavy atom. The molecule has 4 rings (SSSR count). The van der Waals surface area contributed by atoms with E-state index in [2.05, 4.69) is 25.9 Å². The highest BCUT2D eigenvalue weighted by Gasteiger charge is 2.28. The third-order valence-corrected chi connectivity index (χ3v) is 6.85. The molecule has 0 aliphatic carbocycles. The first kappa shape index (κ1) is 32.9. The van der Waals surface area contributed by atoms with Gasteiger partial charge in [-0.1, -0.05) is 84.9 Å². The molecule has 0 bridgehead atoms. The number of hydrogen-bond acceptors (Lipinski definition) is 8. The number of H-pyrrole nitrogens is 1. The molecule has 0 fully saturated rings. The highest BCUT2D eigenvalue weighted by molar-refractivity contribution is 6.04. The predicted molar refractivity (Wildman–Crippen MR) is 168 cm³/mol. The molecule has 46 heavy (non-hydrogen) atoms. The number of nitrogens with zero attached hydrogens (tertiary/aromatic N) is 1. The first-order chi connectivity index (χ1) is 22.3. The van der Waals surface area contributed by atoms with Crippen molar-refractivity contribution in [3.8, 4) is 0 Å². The van der Waals surface area contributed by atoms with Crippen molar-refractivity contribution in [1.82, 2.24) is 25.9 Å². The van der Waals surface area contributed by atoms with Crippen LogP contribution in [0.3, 0.4) is 0 Å². The van der Waals surface area contributed by atoms with Crippen LogP contribution < -0.4 is 21.7 Å². The van der Waals surface area contributed by atoms with Gasteiger partial charge in [0.2, 0.25) is 5.91 Å². The molecule has 0 saturated carbocycles. The Bertz CT molecular complexity index is 1600. The minimum atomic E-state index is -1.21. The quantitative estimate of drug-likeness (QED) is 0.0912. The molecular formula is C33H35N7O6. The van der Waals surface area contributed by atoms with Crippen LogP contribution in [0.4, 0.5) is 9.59 Å². The number of rotatable bonds is 14. The van der Waals surface area contributed by atoms with E-state index in [1.54, 1.807) is 30.5 Å². The number of hydrogen-bond donors (Lipinski definition) is 6. The molecule has 1 heterocycles. The van der Waals surface area contributed by atoms with E-state index in [1.165, 1.54) is 6.33 Å². The van der Waals surface area contributed by atoms with Crippen molar-refractivity contribution in [2.45, 2.75) is 44.6 Å². The molecule has 0 aliphatic rings. The molecule has 0 unspecified atom stereocenters. The van der Waals surface area contributed by atoms with Gasteiger partial charge in [-0.05, 0) is 29.5 Å². The fraction of sp³-hybridized carbons (Fsp3) is 0.212. The predicted octanol–water partition coefficient (Wildman–Crippen LogP) is 3.10. The molecular weight excluding hydrogens is 590 g/mol. The Morgan fingerprint density at radius 3 is 2.17 bits per heavy atom. The van der Waals surface area contributed by atoms with Gasteiger partial charge in [-0.2, -0.15) is 0 Å². The molecule has 7 N–H and O–H groups in total. The Hall–Kier alpha value is -5.98. The summed E-state index contributed by atoms with van der Waals surface area (Å²) in [4.78, 5) is 57.0. The second-order valence-corrected chi connectivity index (χ2v) is 10.3. The molecule has 4 amide bonds. The van der Waals surface area contributed by atoms with Crippen LogP contribution in [0.25, 0.3) is 0 Å². The Morgan fingerprint density at radius 1 is 0.870 bits per heavy atom. The molecule has 13 nitrogen and oxygen atoms in total. The minimum Gasteiger partial charge on any atom is -0.444 e. The van der Waals surface area contributed by atoms with Gasteiger partial charge in [0.15, 0.2) is 6.10 Å². The summed E-state index contributed by atoms with van der Waals surface area (Å²) in [5.74, 6) is -1.29. The number of imidazole rings is 1. The number of amides is 4. The topological polar surface area (TPSA) is 201 Å². The van der Waals surface area contributed by atoms with Gasteiger partial charge >= 0.3 is 12.2 Å². The van der Waals surface area contributed by atoms with Gasteiger partial charge < -0.3 is 30.8 Å². The maximum atomic E-state index is 13.3. The van der Waals surface area contributed by atoms with Gasteiger partial charge in [-0.15, -0.1) is 0 Å². The summed E-state index contributed by atoms with van der Waals surface area (Å²) in [7, 11) is 0. The highest BCUT2D eigenvalue weighted by atomic mass is 16.6. The van der Waals surface area contributed by atoms with Crippen molar-refractivity contribution < 1.29 is 28.7 Å². The van der Waals surface area contributed by atoms with E-state index in [0.717, 1.165) is 11.1 Å². The van der Waals surface area contributed by atoms with Crippen molar-refractivity contribution in [3.63, 3.8) is 0 Å². The van der Waals surface area contributed by atoms with Crippen LogP contribution in [0.5, 0.6) is 0 Å². The smallest absolute Gasteiger partial charge is 0.413 e. The third kappa shape index (κ3) is 10.6. The first-order valence-corrected chi connectivity index (χ1v) is 14.5. The van der Waals surface area contributed by atoms with Gasteiger partial charge in [0.25, 0.3) is 5.91 Å². The average Bonchev–Trinajstić information content (AvgIpc) is 3.58. The van der Waals surface area contributed by atoms with Crippen molar-refractivity contribution in [1.29, 1.82) is 5.41 Å². The van der Waals surface area contributed by atoms with Crippen molar-refractivity contribution in [3.05, 3.63) is 125 Å². The fourth-order valence-electron chi connectivity index (χ4n) is 4.45. The van der Waals surface area contributed by atoms with E-state index in [4.69, 9.17) is 20.6 Å². The second-order valence-electron chi connectivity index (χ2n) is 10.3. The van der Waals surface area contributed by atoms with Crippen molar-refractivity contribution in [2.24, 2.45) is 5.73 Å². The summed E-state index contributed by atoms with van der Waals surface area (Å²) in [5.41, 5.74) is 8.75. The molecule has 0 saturated heterocycles. The number of nitrogens with one attached hydrogen (secondary N) is 5. The Kier molecular flexibility index (Phi) is 12.0. The van der Waals surface area contributed by atoms with Crippen LogP contribution in [-0.2, 0) is 45.1 Å². The monoisotopic (exact) mass is 625 g/mol. The van der Waals surface area contributed by atoms with Gasteiger partial charge in [0.1, 0.15) is 18.5 Å². The first-order valence-electron chi connectivity index (χ1n) is 14.5. The van der Waals surface area contributed by atoms with Crippen LogP contribution in [0.2, 0.25) is 0 Å². The Labute approximate surface area is 265 Å². The van der Waals surface area contributed by atoms with Crippen LogP contribution in [0.1, 0.15) is 34.4 Å². The van der Waals surface area contributed by atoms with E-state index in [0.29, 0.717) is 23.2 Å². The van der Waals surface area contributed by atoms with E-state index < -0.39 is 36.1 Å². The van der Waals surface area contributed by atoms with Crippen LogP contribution in [-0.4, -0.2) is 52.0 Å². The van der Waals surface area contributed by atoms with E-state index in [1.807, 2.05) is 60.7 Å². The lowest BCUT2D eigenvalue weighted by atomic mass is 10.1.